The molecule has 1 atom stereocenters. The van der Waals surface area contributed by atoms with Crippen molar-refractivity contribution in [1.82, 2.24) is 14.7 Å². The zero-order chi connectivity index (χ0) is 21.3. The molecule has 1 fully saturated rings. The van der Waals surface area contributed by atoms with Crippen LogP contribution in [0.3, 0.4) is 0 Å². The maximum absolute atomic E-state index is 14.2. The second-order valence-electron chi connectivity index (χ2n) is 6.78. The summed E-state index contributed by atoms with van der Waals surface area (Å²) in [5, 5.41) is 3.26. The number of rotatable bonds is 5. The fraction of sp³-hybridized carbons (Fsp3) is 0.300. The molecule has 1 aliphatic rings. The van der Waals surface area contributed by atoms with Crippen LogP contribution in [0, 0.1) is 5.82 Å². The van der Waals surface area contributed by atoms with Gasteiger partial charge in [-0.25, -0.2) is 18.2 Å². The molecule has 1 aliphatic heterocycles. The van der Waals surface area contributed by atoms with Gasteiger partial charge in [0.05, 0.1) is 11.4 Å². The van der Waals surface area contributed by atoms with Crippen LogP contribution in [0.15, 0.2) is 47.4 Å². The van der Waals surface area contributed by atoms with Gasteiger partial charge in [0, 0.05) is 44.0 Å². The van der Waals surface area contributed by atoms with E-state index in [4.69, 9.17) is 0 Å². The number of pyridine rings is 1. The quantitative estimate of drug-likeness (QED) is 0.641. The monoisotopic (exact) mass is 422 g/mol. The van der Waals surface area contributed by atoms with E-state index in [9.17, 15) is 22.4 Å². The Morgan fingerprint density at radius 3 is 2.53 bits per heavy atom. The lowest BCUT2D eigenvalue weighted by atomic mass is 10.1. The number of nitrogens with zero attached hydrogens (tertiary/aromatic N) is 3. The third-order valence-electron chi connectivity index (χ3n) is 4.79. The highest BCUT2D eigenvalue weighted by Gasteiger charge is 2.22. The van der Waals surface area contributed by atoms with Crippen molar-refractivity contribution in [2.45, 2.75) is 12.8 Å². The average molecular weight is 422 g/mol. The van der Waals surface area contributed by atoms with Crippen molar-refractivity contribution in [3.63, 3.8) is 0 Å². The Labute approximate surface area is 168 Å². The molecule has 4 rings (SSSR count). The van der Waals surface area contributed by atoms with Crippen LogP contribution in [0.25, 0.3) is 16.9 Å². The van der Waals surface area contributed by atoms with Crippen LogP contribution in [0.1, 0.15) is 0 Å². The minimum Gasteiger partial charge on any atom is -0.451 e. The Morgan fingerprint density at radius 2 is 1.83 bits per heavy atom. The Kier molecular flexibility index (Phi) is 5.58. The number of halogens is 4. The molecule has 0 radical (unpaired) electrons. The van der Waals surface area contributed by atoms with Crippen LogP contribution in [0.5, 0.6) is 5.75 Å². The normalized spacial score (nSPS) is 15.6. The van der Waals surface area contributed by atoms with E-state index in [1.807, 2.05) is 6.07 Å². The van der Waals surface area contributed by atoms with Gasteiger partial charge in [-0.1, -0.05) is 0 Å². The first-order valence-corrected chi connectivity index (χ1v) is 9.30. The first kappa shape index (κ1) is 20.1. The molecule has 10 heteroatoms. The fourth-order valence-corrected chi connectivity index (χ4v) is 3.28. The largest absolute Gasteiger partial charge is 0.451 e. The smallest absolute Gasteiger partial charge is 0.304 e. The average Bonchev–Trinajstić information content (AvgIpc) is 2.75. The first-order chi connectivity index (χ1) is 14.4. The number of anilines is 1. The van der Waals surface area contributed by atoms with Crippen LogP contribution in [0.4, 0.5) is 23.2 Å². The Balaban J connectivity index is 1.64. The van der Waals surface area contributed by atoms with Crippen LogP contribution in [-0.2, 0) is 0 Å². The van der Waals surface area contributed by atoms with E-state index in [0.717, 1.165) is 44.0 Å². The van der Waals surface area contributed by atoms with Crippen molar-refractivity contribution in [1.29, 1.82) is 0 Å². The van der Waals surface area contributed by atoms with Crippen molar-refractivity contribution < 1.29 is 22.3 Å². The van der Waals surface area contributed by atoms with Crippen LogP contribution < -0.4 is 20.5 Å². The molecule has 3 heterocycles. The molecule has 30 heavy (non-hydrogen) atoms. The fourth-order valence-electron chi connectivity index (χ4n) is 3.28. The molecular formula is C20H18F4N4O2. The number of aromatic nitrogens is 2. The molecule has 0 amide bonds. The molecule has 1 N–H and O–H groups in total. The summed E-state index contributed by atoms with van der Waals surface area (Å²) in [7, 11) is 0. The topological polar surface area (TPSA) is 58.9 Å². The predicted molar refractivity (Wildman–Crippen MR) is 103 cm³/mol. The van der Waals surface area contributed by atoms with Gasteiger partial charge < -0.3 is 15.0 Å². The predicted octanol–water partition coefficient (Wildman–Crippen LogP) is 2.85. The minimum absolute atomic E-state index is 0.200. The van der Waals surface area contributed by atoms with Gasteiger partial charge in [0.2, 0.25) is 0 Å². The second kappa shape index (κ2) is 8.31. The molecule has 1 unspecified atom stereocenters. The van der Waals surface area contributed by atoms with E-state index >= 15 is 0 Å². The molecule has 6 nitrogen and oxygen atoms in total. The van der Waals surface area contributed by atoms with Gasteiger partial charge in [-0.3, -0.25) is 9.20 Å². The molecule has 0 aliphatic carbocycles. The summed E-state index contributed by atoms with van der Waals surface area (Å²) < 4.78 is 57.4. The summed E-state index contributed by atoms with van der Waals surface area (Å²) in [6.07, 6.45) is -4.61. The summed E-state index contributed by atoms with van der Waals surface area (Å²) in [5.41, 5.74) is 1.35. The van der Waals surface area contributed by atoms with Crippen molar-refractivity contribution in [3.8, 4) is 17.0 Å². The molecule has 0 saturated carbocycles. The number of hydrogen-bond donors (Lipinski definition) is 1. The molecule has 1 saturated heterocycles. The van der Waals surface area contributed by atoms with Crippen molar-refractivity contribution >= 4 is 11.3 Å². The third kappa shape index (κ3) is 4.09. The summed E-state index contributed by atoms with van der Waals surface area (Å²) in [4.78, 5) is 19.2. The number of alkyl halides is 3. The molecule has 2 aromatic heterocycles. The van der Waals surface area contributed by atoms with Gasteiger partial charge in [-0.15, -0.1) is 0 Å². The number of benzene rings is 1. The maximum atomic E-state index is 14.2. The summed E-state index contributed by atoms with van der Waals surface area (Å²) in [5.74, 6) is -1.68. The van der Waals surface area contributed by atoms with Crippen molar-refractivity contribution in [2.75, 3.05) is 31.1 Å². The second-order valence-corrected chi connectivity index (χ2v) is 6.78. The molecule has 158 valence electrons. The van der Waals surface area contributed by atoms with Gasteiger partial charge in [0.25, 0.3) is 11.9 Å². The summed E-state index contributed by atoms with van der Waals surface area (Å²) >= 11 is 0. The molecule has 0 spiro atoms. The molecule has 0 bridgehead atoms. The van der Waals surface area contributed by atoms with Crippen LogP contribution in [-0.4, -0.2) is 48.3 Å². The van der Waals surface area contributed by atoms with E-state index in [0.29, 0.717) is 5.65 Å². The highest BCUT2D eigenvalue weighted by atomic mass is 19.3. The SMILES string of the molecule is O=c1cc(-c2ccc(OC(F)C(F)F)c(F)c2)nc2ccc(N3CCNCC3)cn12. The number of fused-ring (bicyclic) bond motifs is 1. The number of ether oxygens (including phenoxy) is 1. The lowest BCUT2D eigenvalue weighted by molar-refractivity contribution is -0.0684. The zero-order valence-corrected chi connectivity index (χ0v) is 15.7. The number of hydrogen-bond acceptors (Lipinski definition) is 5. The van der Waals surface area contributed by atoms with Gasteiger partial charge in [-0.05, 0) is 30.3 Å². The standard InChI is InChI=1S/C20H18F4N4O2/c21-14-9-12(1-3-16(14)30-20(24)19(22)23)15-10-18(29)28-11-13(2-4-17(28)26-15)27-7-5-25-6-8-27/h1-4,9-11,19-20,25H,5-8H2. The van der Waals surface area contributed by atoms with E-state index in [1.54, 1.807) is 12.3 Å². The lowest BCUT2D eigenvalue weighted by Gasteiger charge is -2.29. The number of nitrogens with one attached hydrogen (secondary N) is 1. The van der Waals surface area contributed by atoms with Gasteiger partial charge in [0.15, 0.2) is 11.6 Å². The Morgan fingerprint density at radius 1 is 1.07 bits per heavy atom. The minimum atomic E-state index is -3.39. The van der Waals surface area contributed by atoms with Crippen molar-refractivity contribution in [2.24, 2.45) is 0 Å². The van der Waals surface area contributed by atoms with Gasteiger partial charge >= 0.3 is 6.43 Å². The molecule has 1 aromatic carbocycles. The first-order valence-electron chi connectivity index (χ1n) is 9.30. The molecular weight excluding hydrogens is 404 g/mol. The Bertz CT molecular complexity index is 1120. The van der Waals surface area contributed by atoms with Crippen LogP contribution >= 0.6 is 0 Å². The van der Waals surface area contributed by atoms with Gasteiger partial charge in [-0.2, -0.15) is 4.39 Å². The number of piperazine rings is 1. The van der Waals surface area contributed by atoms with E-state index in [2.05, 4.69) is 19.9 Å². The van der Waals surface area contributed by atoms with E-state index in [-0.39, 0.29) is 16.8 Å². The highest BCUT2D eigenvalue weighted by molar-refractivity contribution is 5.63. The van der Waals surface area contributed by atoms with Gasteiger partial charge in [0.1, 0.15) is 5.65 Å². The lowest BCUT2D eigenvalue weighted by Crippen LogP contribution is -2.43. The zero-order valence-electron chi connectivity index (χ0n) is 15.7. The van der Waals surface area contributed by atoms with Crippen molar-refractivity contribution in [3.05, 3.63) is 58.8 Å². The summed E-state index contributed by atoms with van der Waals surface area (Å²) in [6, 6.07) is 8.12. The third-order valence-corrected chi connectivity index (χ3v) is 4.79. The van der Waals surface area contributed by atoms with E-state index in [1.165, 1.54) is 16.5 Å². The van der Waals surface area contributed by atoms with E-state index < -0.39 is 24.3 Å². The Hall–Kier alpha value is -3.14. The molecule has 3 aromatic rings. The van der Waals surface area contributed by atoms with Crippen LogP contribution in [0.2, 0.25) is 0 Å². The summed E-state index contributed by atoms with van der Waals surface area (Å²) in [6.45, 7) is 3.36. The maximum Gasteiger partial charge on any atom is 0.304 e. The highest BCUT2D eigenvalue weighted by Crippen LogP contribution is 2.26.